The third-order valence-electron chi connectivity index (χ3n) is 7.88. The minimum Gasteiger partial charge on any atom is -1.00 e. The number of piperazine rings is 1. The highest BCUT2D eigenvalue weighted by atomic mass is 35.5. The van der Waals surface area contributed by atoms with Crippen LogP contribution in [-0.2, 0) is 23.7 Å². The molecule has 2 fully saturated rings. The predicted molar refractivity (Wildman–Crippen MR) is 177 cm³/mol. The molecule has 274 valence electrons. The summed E-state index contributed by atoms with van der Waals surface area (Å²) in [6.45, 7) is 7.93. The van der Waals surface area contributed by atoms with E-state index in [0.29, 0.717) is 129 Å². The lowest BCUT2D eigenvalue weighted by Crippen LogP contribution is -3.00. The molecule has 2 atom stereocenters. The number of carbonyl (C=O) groups is 1. The molecule has 2 aliphatic rings. The van der Waals surface area contributed by atoms with Crippen molar-refractivity contribution in [1.82, 2.24) is 34.8 Å². The van der Waals surface area contributed by atoms with Gasteiger partial charge in [-0.1, -0.05) is 11.1 Å². The summed E-state index contributed by atoms with van der Waals surface area (Å²) < 4.78 is 23.4. The number of terminal acetylenes is 1. The number of morpholine rings is 1. The van der Waals surface area contributed by atoms with E-state index in [9.17, 15) is 9.90 Å². The quantitative estimate of drug-likeness (QED) is 0.0708. The van der Waals surface area contributed by atoms with Crippen LogP contribution in [-0.4, -0.2) is 158 Å². The van der Waals surface area contributed by atoms with Crippen LogP contribution in [0.1, 0.15) is 37.0 Å². The Balaban J connectivity index is 0.00000650. The Morgan fingerprint density at radius 2 is 1.63 bits per heavy atom. The summed E-state index contributed by atoms with van der Waals surface area (Å²) in [4.78, 5) is 34.0. The zero-order valence-electron chi connectivity index (χ0n) is 28.0. The molecule has 49 heavy (non-hydrogen) atoms. The van der Waals surface area contributed by atoms with Gasteiger partial charge in [-0.25, -0.2) is 4.68 Å². The molecule has 4 rings (SSSR count). The van der Waals surface area contributed by atoms with Crippen LogP contribution >= 0.6 is 0 Å². The molecule has 19 heteroatoms. The van der Waals surface area contributed by atoms with E-state index in [2.05, 4.69) is 36.3 Å². The van der Waals surface area contributed by atoms with Gasteiger partial charge in [-0.2, -0.15) is 15.0 Å². The number of hydrogen-bond donors (Lipinski definition) is 4. The smallest absolute Gasteiger partial charge is 0.247 e. The number of nitrogens with one attached hydrogen (secondary N) is 1. The number of rotatable bonds is 21. The highest BCUT2D eigenvalue weighted by molar-refractivity contribution is 5.80. The maximum absolute atomic E-state index is 13.8. The molecule has 1 amide bonds. The van der Waals surface area contributed by atoms with E-state index in [1.807, 2.05) is 4.90 Å². The summed E-state index contributed by atoms with van der Waals surface area (Å²) >= 11 is 0. The fourth-order valence-electron chi connectivity index (χ4n) is 5.18. The number of anilines is 3. The summed E-state index contributed by atoms with van der Waals surface area (Å²) in [6.07, 6.45) is 8.92. The van der Waals surface area contributed by atoms with Crippen molar-refractivity contribution >= 4 is 23.8 Å². The van der Waals surface area contributed by atoms with E-state index >= 15 is 0 Å². The van der Waals surface area contributed by atoms with Gasteiger partial charge in [0.1, 0.15) is 18.3 Å². The van der Waals surface area contributed by atoms with Crippen LogP contribution in [0.15, 0.2) is 6.20 Å². The second-order valence-corrected chi connectivity index (χ2v) is 11.3. The van der Waals surface area contributed by atoms with Crippen LogP contribution in [0.2, 0.25) is 0 Å². The molecule has 0 aromatic carbocycles. The molecule has 0 bridgehead atoms. The number of unbranched alkanes of at least 4 members (excludes halogenated alkanes) is 1. The highest BCUT2D eigenvalue weighted by Crippen LogP contribution is 2.23. The Hall–Kier alpha value is -3.41. The Morgan fingerprint density at radius 1 is 0.980 bits per heavy atom. The number of nitrogens with two attached hydrogens (primary N) is 2. The summed E-state index contributed by atoms with van der Waals surface area (Å²) in [6, 6.07) is -1.20. The number of nitrogens with zero attached hydrogens (tertiary/aromatic N) is 9. The number of aliphatic hydroxyl groups is 1. The number of aliphatic hydroxyl groups excluding tert-OH is 1. The van der Waals surface area contributed by atoms with Crippen LogP contribution in [0.3, 0.4) is 0 Å². The molecule has 2 aromatic rings. The first-order valence-corrected chi connectivity index (χ1v) is 16.5. The molecule has 6 N–H and O–H groups in total. The molecular formula is C30H50ClN12O6-. The molecule has 0 radical (unpaired) electrons. The fourth-order valence-corrected chi connectivity index (χ4v) is 5.18. The lowest BCUT2D eigenvalue weighted by atomic mass is 10.1. The maximum atomic E-state index is 13.8. The van der Waals surface area contributed by atoms with Gasteiger partial charge in [0.2, 0.25) is 23.8 Å². The van der Waals surface area contributed by atoms with Crippen molar-refractivity contribution in [2.24, 2.45) is 11.5 Å². The van der Waals surface area contributed by atoms with E-state index in [4.69, 9.17) is 46.8 Å². The first kappa shape index (κ1) is 40.0. The zero-order valence-corrected chi connectivity index (χ0v) is 28.8. The number of ether oxygens (including phenoxy) is 4. The third-order valence-corrected chi connectivity index (χ3v) is 7.88. The average Bonchev–Trinajstić information content (AvgIpc) is 3.62. The Kier molecular flexibility index (Phi) is 18.2. The molecule has 2 aromatic heterocycles. The number of halogens is 1. The Bertz CT molecular complexity index is 1270. The molecule has 2 unspecified atom stereocenters. The average molecular weight is 710 g/mol. The van der Waals surface area contributed by atoms with E-state index < -0.39 is 12.1 Å². The second kappa shape index (κ2) is 22.3. The minimum atomic E-state index is -0.660. The summed E-state index contributed by atoms with van der Waals surface area (Å²) in [5.74, 6) is 3.94. The van der Waals surface area contributed by atoms with E-state index in [0.717, 1.165) is 12.8 Å². The largest absolute Gasteiger partial charge is 1.00 e. The molecule has 0 saturated carbocycles. The number of amides is 1. The van der Waals surface area contributed by atoms with Crippen LogP contribution in [0, 0.1) is 12.3 Å². The number of hydrogen-bond acceptors (Lipinski definition) is 16. The zero-order chi connectivity index (χ0) is 34.0. The molecule has 0 spiro atoms. The van der Waals surface area contributed by atoms with Crippen molar-refractivity contribution in [3.63, 3.8) is 0 Å². The van der Waals surface area contributed by atoms with Gasteiger partial charge in [0.15, 0.2) is 0 Å². The number of carbonyl (C=O) groups excluding carboxylic acids is 1. The van der Waals surface area contributed by atoms with Gasteiger partial charge in [0.05, 0.1) is 65.1 Å². The normalized spacial score (nSPS) is 16.2. The maximum Gasteiger partial charge on any atom is 0.247 e. The minimum absolute atomic E-state index is 0. The topological polar surface area (TPSA) is 217 Å². The van der Waals surface area contributed by atoms with Crippen molar-refractivity contribution in [1.29, 1.82) is 0 Å². The predicted octanol–water partition coefficient (Wildman–Crippen LogP) is -4.59. The van der Waals surface area contributed by atoms with E-state index in [-0.39, 0.29) is 31.5 Å². The lowest BCUT2D eigenvalue weighted by molar-refractivity contribution is -0.135. The molecule has 4 heterocycles. The highest BCUT2D eigenvalue weighted by Gasteiger charge is 2.31. The van der Waals surface area contributed by atoms with Gasteiger partial charge in [0, 0.05) is 45.8 Å². The van der Waals surface area contributed by atoms with Gasteiger partial charge >= 0.3 is 0 Å². The van der Waals surface area contributed by atoms with Crippen molar-refractivity contribution in [2.75, 3.05) is 127 Å². The lowest BCUT2D eigenvalue weighted by Gasteiger charge is -2.36. The van der Waals surface area contributed by atoms with Gasteiger partial charge < -0.3 is 67.9 Å². The monoisotopic (exact) mass is 709 g/mol. The van der Waals surface area contributed by atoms with Crippen molar-refractivity contribution < 1.29 is 41.3 Å². The standard InChI is InChI=1S/C30H50N12O6.ClH/c1-2-14-45-18-20-48-21-19-46-15-7-33-28-34-29(36-30(35-28)41-12-16-47-17-13-41)40-10-8-39(9-11-40)27(44)26(5-3-4-6-31)42-22-25(37-38-42)24(32)23-43;/h1,22,24,26,43H,3-21,23,31-32H2,(H,33,34,35,36);1H/p-1. The molecule has 2 aliphatic heterocycles. The van der Waals surface area contributed by atoms with E-state index in [1.54, 1.807) is 10.9 Å². The van der Waals surface area contributed by atoms with Gasteiger partial charge in [0.25, 0.3) is 0 Å². The Labute approximate surface area is 293 Å². The number of aromatic nitrogens is 6. The fraction of sp³-hybridized carbons (Fsp3) is 0.733. The van der Waals surface area contributed by atoms with Gasteiger partial charge in [-0.3, -0.25) is 4.79 Å². The van der Waals surface area contributed by atoms with Gasteiger partial charge in [-0.15, -0.1) is 11.5 Å². The van der Waals surface area contributed by atoms with E-state index in [1.165, 1.54) is 0 Å². The first-order chi connectivity index (χ1) is 23.5. The first-order valence-electron chi connectivity index (χ1n) is 16.5. The van der Waals surface area contributed by atoms with Gasteiger partial charge in [-0.05, 0) is 25.8 Å². The van der Waals surface area contributed by atoms with Crippen molar-refractivity contribution in [2.45, 2.75) is 31.3 Å². The molecule has 2 saturated heterocycles. The Morgan fingerprint density at radius 3 is 2.29 bits per heavy atom. The summed E-state index contributed by atoms with van der Waals surface area (Å²) in [5.41, 5.74) is 12.1. The molecule has 0 aliphatic carbocycles. The van der Waals surface area contributed by atoms with Crippen LogP contribution in [0.4, 0.5) is 17.8 Å². The van der Waals surface area contributed by atoms with Crippen molar-refractivity contribution in [3.05, 3.63) is 11.9 Å². The third kappa shape index (κ3) is 12.8. The van der Waals surface area contributed by atoms with Crippen LogP contribution < -0.4 is 39.0 Å². The second-order valence-electron chi connectivity index (χ2n) is 11.3. The van der Waals surface area contributed by atoms with Crippen LogP contribution in [0.5, 0.6) is 0 Å². The SMILES string of the molecule is C#CCOCCOCCOCCNc1nc(N2CCOCC2)nc(N2CCN(C(=O)C(CCCCN)n3cc(C(N)CO)nn3)CC2)n1.[Cl-]. The van der Waals surface area contributed by atoms with Crippen LogP contribution in [0.25, 0.3) is 0 Å². The summed E-state index contributed by atoms with van der Waals surface area (Å²) in [7, 11) is 0. The molecular weight excluding hydrogens is 660 g/mol. The molecule has 18 nitrogen and oxygen atoms in total. The van der Waals surface area contributed by atoms with Crippen molar-refractivity contribution in [3.8, 4) is 12.3 Å². The summed E-state index contributed by atoms with van der Waals surface area (Å²) in [5, 5.41) is 21.0.